The van der Waals surface area contributed by atoms with E-state index in [4.69, 9.17) is 10.5 Å². The number of nitrogens with one attached hydrogen (secondary N) is 1. The first-order chi connectivity index (χ1) is 9.94. The maximum Gasteiger partial charge on any atom is 0.323 e. The van der Waals surface area contributed by atoms with Gasteiger partial charge in [0.2, 0.25) is 11.9 Å². The predicted molar refractivity (Wildman–Crippen MR) is 78.4 cm³/mol. The van der Waals surface area contributed by atoms with Gasteiger partial charge in [-0.25, -0.2) is 4.39 Å². The third-order valence-electron chi connectivity index (χ3n) is 2.67. The summed E-state index contributed by atoms with van der Waals surface area (Å²) >= 11 is 0. The largest absolute Gasteiger partial charge is 0.461 e. The van der Waals surface area contributed by atoms with Crippen LogP contribution in [0.3, 0.4) is 0 Å². The number of anilines is 2. The molecule has 112 valence electrons. The van der Waals surface area contributed by atoms with Crippen molar-refractivity contribution >= 4 is 11.9 Å². The molecule has 0 radical (unpaired) electrons. The summed E-state index contributed by atoms with van der Waals surface area (Å²) in [6.45, 7) is 5.60. The molecule has 0 saturated carbocycles. The van der Waals surface area contributed by atoms with Crippen LogP contribution in [0.4, 0.5) is 16.3 Å². The van der Waals surface area contributed by atoms with Crippen LogP contribution in [0, 0.1) is 5.82 Å². The van der Waals surface area contributed by atoms with E-state index in [1.54, 1.807) is 6.07 Å². The highest BCUT2D eigenvalue weighted by molar-refractivity contribution is 5.36. The van der Waals surface area contributed by atoms with Crippen LogP contribution in [-0.2, 0) is 0 Å². The summed E-state index contributed by atoms with van der Waals surface area (Å²) in [7, 11) is 0. The predicted octanol–water partition coefficient (Wildman–Crippen LogP) is 2.55. The summed E-state index contributed by atoms with van der Waals surface area (Å²) in [4.78, 5) is 12.0. The number of aromatic nitrogens is 3. The Morgan fingerprint density at radius 3 is 2.62 bits per heavy atom. The number of halogens is 1. The summed E-state index contributed by atoms with van der Waals surface area (Å²) in [5.74, 6) is 0.0599. The highest BCUT2D eigenvalue weighted by Gasteiger charge is 2.11. The van der Waals surface area contributed by atoms with E-state index in [2.05, 4.69) is 20.3 Å². The zero-order valence-corrected chi connectivity index (χ0v) is 12.2. The van der Waals surface area contributed by atoms with E-state index in [1.807, 2.05) is 26.8 Å². The molecule has 0 fully saturated rings. The third-order valence-corrected chi connectivity index (χ3v) is 2.67. The quantitative estimate of drug-likeness (QED) is 0.880. The van der Waals surface area contributed by atoms with Crippen molar-refractivity contribution in [3.8, 4) is 6.01 Å². The smallest absolute Gasteiger partial charge is 0.323 e. The molecular weight excluding hydrogens is 273 g/mol. The molecule has 21 heavy (non-hydrogen) atoms. The Morgan fingerprint density at radius 1 is 1.19 bits per heavy atom. The van der Waals surface area contributed by atoms with Crippen molar-refractivity contribution in [1.29, 1.82) is 0 Å². The molecule has 0 amide bonds. The van der Waals surface area contributed by atoms with Crippen molar-refractivity contribution < 1.29 is 9.13 Å². The van der Waals surface area contributed by atoms with Crippen molar-refractivity contribution in [2.75, 3.05) is 11.1 Å². The van der Waals surface area contributed by atoms with E-state index in [-0.39, 0.29) is 35.9 Å². The molecule has 1 unspecified atom stereocenters. The zero-order valence-electron chi connectivity index (χ0n) is 12.2. The van der Waals surface area contributed by atoms with Crippen LogP contribution in [0.25, 0.3) is 0 Å². The lowest BCUT2D eigenvalue weighted by molar-refractivity contribution is 0.222. The van der Waals surface area contributed by atoms with Gasteiger partial charge in [0.25, 0.3) is 0 Å². The van der Waals surface area contributed by atoms with E-state index in [9.17, 15) is 4.39 Å². The minimum Gasteiger partial charge on any atom is -0.461 e. The van der Waals surface area contributed by atoms with E-state index in [0.29, 0.717) is 0 Å². The Hall–Kier alpha value is -2.44. The summed E-state index contributed by atoms with van der Waals surface area (Å²) in [5, 5.41) is 3.05. The molecule has 0 spiro atoms. The van der Waals surface area contributed by atoms with E-state index >= 15 is 0 Å². The molecule has 2 rings (SSSR count). The summed E-state index contributed by atoms with van der Waals surface area (Å²) in [6, 6.07) is 6.29. The van der Waals surface area contributed by atoms with Gasteiger partial charge >= 0.3 is 6.01 Å². The Morgan fingerprint density at radius 2 is 1.95 bits per heavy atom. The third kappa shape index (κ3) is 4.27. The van der Waals surface area contributed by atoms with E-state index < -0.39 is 0 Å². The van der Waals surface area contributed by atoms with Gasteiger partial charge in [0, 0.05) is 0 Å². The number of hydrogen-bond donors (Lipinski definition) is 2. The van der Waals surface area contributed by atoms with Crippen molar-refractivity contribution in [3.05, 3.63) is 35.6 Å². The van der Waals surface area contributed by atoms with Gasteiger partial charge in [0.1, 0.15) is 5.82 Å². The molecule has 1 aromatic heterocycles. The van der Waals surface area contributed by atoms with Gasteiger partial charge in [-0.05, 0) is 38.5 Å². The number of nitrogens with zero attached hydrogens (tertiary/aromatic N) is 3. The zero-order chi connectivity index (χ0) is 15.4. The molecule has 3 N–H and O–H groups in total. The molecule has 0 saturated heterocycles. The average Bonchev–Trinajstić information content (AvgIpc) is 2.37. The molecule has 6 nitrogen and oxygen atoms in total. The number of nitrogens with two attached hydrogens (primary N) is 1. The molecule has 1 atom stereocenters. The van der Waals surface area contributed by atoms with E-state index in [0.717, 1.165) is 5.56 Å². The second-order valence-corrected chi connectivity index (χ2v) is 4.89. The molecule has 0 bridgehead atoms. The molecule has 0 aliphatic heterocycles. The number of hydrogen-bond acceptors (Lipinski definition) is 6. The lowest BCUT2D eigenvalue weighted by Gasteiger charge is -2.15. The first kappa shape index (κ1) is 15.0. The van der Waals surface area contributed by atoms with Gasteiger partial charge in [0.05, 0.1) is 12.1 Å². The van der Waals surface area contributed by atoms with E-state index in [1.165, 1.54) is 12.1 Å². The average molecular weight is 291 g/mol. The van der Waals surface area contributed by atoms with Gasteiger partial charge in [-0.2, -0.15) is 15.0 Å². The van der Waals surface area contributed by atoms with Crippen molar-refractivity contribution in [2.24, 2.45) is 0 Å². The standard InChI is InChI=1S/C14H18FN5O/c1-8(2)21-14-19-12(16)18-13(20-14)17-9(3)10-5-4-6-11(15)7-10/h4-9H,1-3H3,(H3,16,17,18,19,20). The molecule has 1 heterocycles. The number of ether oxygens (including phenoxy) is 1. The highest BCUT2D eigenvalue weighted by Crippen LogP contribution is 2.19. The van der Waals surface area contributed by atoms with Gasteiger partial charge in [-0.15, -0.1) is 0 Å². The van der Waals surface area contributed by atoms with Crippen LogP contribution in [0.2, 0.25) is 0 Å². The maximum absolute atomic E-state index is 13.2. The van der Waals surface area contributed by atoms with Gasteiger partial charge in [-0.1, -0.05) is 12.1 Å². The summed E-state index contributed by atoms with van der Waals surface area (Å²) in [5.41, 5.74) is 6.41. The normalized spacial score (nSPS) is 12.2. The topological polar surface area (TPSA) is 86.0 Å². The van der Waals surface area contributed by atoms with Crippen LogP contribution in [-0.4, -0.2) is 21.1 Å². The van der Waals surface area contributed by atoms with Crippen LogP contribution < -0.4 is 15.8 Å². The summed E-state index contributed by atoms with van der Waals surface area (Å²) in [6.07, 6.45) is -0.0692. The Labute approximate surface area is 122 Å². The van der Waals surface area contributed by atoms with Crippen LogP contribution in [0.5, 0.6) is 6.01 Å². The van der Waals surface area contributed by atoms with Gasteiger partial charge in [0.15, 0.2) is 0 Å². The molecular formula is C14H18FN5O. The van der Waals surface area contributed by atoms with Gasteiger partial charge < -0.3 is 15.8 Å². The van der Waals surface area contributed by atoms with Gasteiger partial charge in [-0.3, -0.25) is 0 Å². The fraction of sp³-hybridized carbons (Fsp3) is 0.357. The molecule has 0 aliphatic carbocycles. The number of benzene rings is 1. The van der Waals surface area contributed by atoms with Crippen molar-refractivity contribution in [3.63, 3.8) is 0 Å². The summed E-state index contributed by atoms with van der Waals surface area (Å²) < 4.78 is 18.6. The first-order valence-corrected chi connectivity index (χ1v) is 6.64. The number of nitrogen functional groups attached to an aromatic ring is 1. The second kappa shape index (κ2) is 6.34. The Balaban J connectivity index is 2.17. The maximum atomic E-state index is 13.2. The minimum atomic E-state index is -0.292. The minimum absolute atomic E-state index is 0.0644. The number of rotatable bonds is 5. The van der Waals surface area contributed by atoms with Crippen LogP contribution in [0.15, 0.2) is 24.3 Å². The fourth-order valence-electron chi connectivity index (χ4n) is 1.75. The molecule has 1 aromatic carbocycles. The lowest BCUT2D eigenvalue weighted by Crippen LogP contribution is -2.14. The van der Waals surface area contributed by atoms with Crippen molar-refractivity contribution in [2.45, 2.75) is 32.9 Å². The SMILES string of the molecule is CC(C)Oc1nc(N)nc(NC(C)c2cccc(F)c2)n1. The first-order valence-electron chi connectivity index (χ1n) is 6.64. The Bertz CT molecular complexity index is 620. The fourth-order valence-corrected chi connectivity index (χ4v) is 1.75. The van der Waals surface area contributed by atoms with Crippen molar-refractivity contribution in [1.82, 2.24) is 15.0 Å². The lowest BCUT2D eigenvalue weighted by atomic mass is 10.1. The molecule has 0 aliphatic rings. The molecule has 7 heteroatoms. The second-order valence-electron chi connectivity index (χ2n) is 4.89. The van der Waals surface area contributed by atoms with Crippen LogP contribution in [0.1, 0.15) is 32.4 Å². The Kier molecular flexibility index (Phi) is 4.52. The highest BCUT2D eigenvalue weighted by atomic mass is 19.1. The molecule has 2 aromatic rings. The van der Waals surface area contributed by atoms with Crippen LogP contribution >= 0.6 is 0 Å². The monoisotopic (exact) mass is 291 g/mol.